The molecule has 0 heterocycles. The summed E-state index contributed by atoms with van der Waals surface area (Å²) in [4.78, 5) is 22.3. The average molecular weight is 258 g/mol. The molecular formula is C11H12ClNO4. The van der Waals surface area contributed by atoms with E-state index in [9.17, 15) is 9.59 Å². The summed E-state index contributed by atoms with van der Waals surface area (Å²) in [5.74, 6) is -1.21. The largest absolute Gasteiger partial charge is 0.478 e. The van der Waals surface area contributed by atoms with E-state index in [2.05, 4.69) is 5.32 Å². The summed E-state index contributed by atoms with van der Waals surface area (Å²) >= 11 is 5.74. The van der Waals surface area contributed by atoms with Gasteiger partial charge in [0.15, 0.2) is 0 Å². The van der Waals surface area contributed by atoms with Gasteiger partial charge in [-0.3, -0.25) is 5.32 Å². The van der Waals surface area contributed by atoms with Gasteiger partial charge >= 0.3 is 12.1 Å². The highest BCUT2D eigenvalue weighted by atomic mass is 35.5. The molecule has 0 aliphatic carbocycles. The quantitative estimate of drug-likeness (QED) is 0.873. The Balaban J connectivity index is 2.95. The minimum absolute atomic E-state index is 0.0554. The summed E-state index contributed by atoms with van der Waals surface area (Å²) in [6.45, 7) is 3.38. The summed E-state index contributed by atoms with van der Waals surface area (Å²) in [6.07, 6.45) is -1.01. The average Bonchev–Trinajstić information content (AvgIpc) is 2.15. The van der Waals surface area contributed by atoms with Gasteiger partial charge < -0.3 is 9.84 Å². The van der Waals surface area contributed by atoms with Crippen LogP contribution < -0.4 is 5.32 Å². The predicted octanol–water partition coefficient (Wildman–Crippen LogP) is 3.00. The van der Waals surface area contributed by atoms with Crippen LogP contribution in [0, 0.1) is 0 Å². The van der Waals surface area contributed by atoms with Crippen molar-refractivity contribution in [2.24, 2.45) is 0 Å². The van der Waals surface area contributed by atoms with Crippen molar-refractivity contribution in [3.8, 4) is 0 Å². The Morgan fingerprint density at radius 3 is 2.59 bits per heavy atom. The van der Waals surface area contributed by atoms with E-state index >= 15 is 0 Å². The smallest absolute Gasteiger partial charge is 0.411 e. The number of carboxylic acid groups (broad SMARTS) is 1. The van der Waals surface area contributed by atoms with Crippen molar-refractivity contribution < 1.29 is 19.4 Å². The van der Waals surface area contributed by atoms with E-state index in [1.807, 2.05) is 0 Å². The Morgan fingerprint density at radius 2 is 2.06 bits per heavy atom. The minimum atomic E-state index is -1.21. The topological polar surface area (TPSA) is 75.6 Å². The number of benzene rings is 1. The molecule has 0 atom stereocenters. The summed E-state index contributed by atoms with van der Waals surface area (Å²) in [5.41, 5.74) is -0.0504. The molecule has 92 valence electrons. The van der Waals surface area contributed by atoms with Crippen LogP contribution in [0.15, 0.2) is 18.2 Å². The molecule has 0 spiro atoms. The van der Waals surface area contributed by atoms with Crippen molar-refractivity contribution >= 4 is 29.4 Å². The maximum atomic E-state index is 11.3. The second kappa shape index (κ2) is 5.54. The molecule has 0 saturated carbocycles. The molecule has 6 heteroatoms. The van der Waals surface area contributed by atoms with Crippen molar-refractivity contribution in [3.63, 3.8) is 0 Å². The Kier molecular flexibility index (Phi) is 4.34. The zero-order valence-electron chi connectivity index (χ0n) is 9.36. The van der Waals surface area contributed by atoms with E-state index in [0.29, 0.717) is 0 Å². The number of rotatable bonds is 3. The highest BCUT2D eigenvalue weighted by Crippen LogP contribution is 2.24. The van der Waals surface area contributed by atoms with Crippen LogP contribution in [0.5, 0.6) is 0 Å². The predicted molar refractivity (Wildman–Crippen MR) is 63.7 cm³/mol. The Morgan fingerprint density at radius 1 is 1.41 bits per heavy atom. The third-order valence-electron chi connectivity index (χ3n) is 1.81. The van der Waals surface area contributed by atoms with Crippen molar-refractivity contribution in [1.29, 1.82) is 0 Å². The first kappa shape index (κ1) is 13.3. The lowest BCUT2D eigenvalue weighted by atomic mass is 10.2. The zero-order valence-corrected chi connectivity index (χ0v) is 10.1. The van der Waals surface area contributed by atoms with E-state index in [0.717, 1.165) is 0 Å². The summed E-state index contributed by atoms with van der Waals surface area (Å²) in [5, 5.41) is 11.4. The van der Waals surface area contributed by atoms with Gasteiger partial charge in [-0.1, -0.05) is 17.7 Å². The van der Waals surface area contributed by atoms with Crippen LogP contribution in [0.1, 0.15) is 24.2 Å². The van der Waals surface area contributed by atoms with Gasteiger partial charge in [-0.15, -0.1) is 0 Å². The number of hydrogen-bond donors (Lipinski definition) is 2. The number of halogens is 1. The van der Waals surface area contributed by atoms with Crippen molar-refractivity contribution in [2.75, 3.05) is 5.32 Å². The number of anilines is 1. The van der Waals surface area contributed by atoms with Gasteiger partial charge in [0.1, 0.15) is 5.56 Å². The van der Waals surface area contributed by atoms with Gasteiger partial charge in [0.2, 0.25) is 0 Å². The Labute approximate surface area is 103 Å². The third kappa shape index (κ3) is 3.64. The third-order valence-corrected chi connectivity index (χ3v) is 2.12. The molecule has 0 unspecified atom stereocenters. The lowest BCUT2D eigenvalue weighted by Crippen LogP contribution is -2.19. The van der Waals surface area contributed by atoms with Gasteiger partial charge in [0.25, 0.3) is 0 Å². The van der Waals surface area contributed by atoms with Crippen LogP contribution in [-0.4, -0.2) is 23.3 Å². The van der Waals surface area contributed by atoms with Gasteiger partial charge in [-0.05, 0) is 26.0 Å². The van der Waals surface area contributed by atoms with Gasteiger partial charge in [-0.25, -0.2) is 9.59 Å². The lowest BCUT2D eigenvalue weighted by Gasteiger charge is -2.11. The fourth-order valence-electron chi connectivity index (χ4n) is 1.20. The number of amides is 1. The molecule has 0 aliphatic heterocycles. The van der Waals surface area contributed by atoms with Crippen LogP contribution in [-0.2, 0) is 4.74 Å². The summed E-state index contributed by atoms with van der Waals surface area (Å²) in [7, 11) is 0. The molecule has 1 aromatic rings. The normalized spacial score (nSPS) is 10.1. The van der Waals surface area contributed by atoms with Crippen molar-refractivity contribution in [2.45, 2.75) is 20.0 Å². The SMILES string of the molecule is CC(C)OC(=O)Nc1cccc(Cl)c1C(=O)O. The molecule has 2 N–H and O–H groups in total. The molecule has 1 rings (SSSR count). The van der Waals surface area contributed by atoms with Gasteiger partial charge in [-0.2, -0.15) is 0 Å². The fourth-order valence-corrected chi connectivity index (χ4v) is 1.45. The molecule has 1 amide bonds. The van der Waals surface area contributed by atoms with E-state index in [4.69, 9.17) is 21.4 Å². The van der Waals surface area contributed by atoms with E-state index in [-0.39, 0.29) is 22.4 Å². The molecule has 5 nitrogen and oxygen atoms in total. The molecule has 0 bridgehead atoms. The summed E-state index contributed by atoms with van der Waals surface area (Å²) in [6, 6.07) is 4.42. The maximum Gasteiger partial charge on any atom is 0.411 e. The molecule has 0 fully saturated rings. The number of aromatic carboxylic acids is 1. The molecular weight excluding hydrogens is 246 g/mol. The molecule has 0 aliphatic rings. The number of ether oxygens (including phenoxy) is 1. The Hall–Kier alpha value is -1.75. The van der Waals surface area contributed by atoms with Crippen LogP contribution in [0.2, 0.25) is 5.02 Å². The van der Waals surface area contributed by atoms with Crippen LogP contribution >= 0.6 is 11.6 Å². The first-order valence-electron chi connectivity index (χ1n) is 4.91. The van der Waals surface area contributed by atoms with E-state index < -0.39 is 12.1 Å². The van der Waals surface area contributed by atoms with Crippen molar-refractivity contribution in [1.82, 2.24) is 0 Å². The summed E-state index contributed by atoms with van der Waals surface area (Å²) < 4.78 is 4.84. The highest BCUT2D eigenvalue weighted by Gasteiger charge is 2.16. The van der Waals surface area contributed by atoms with E-state index in [1.165, 1.54) is 12.1 Å². The number of carboxylic acids is 1. The van der Waals surface area contributed by atoms with Crippen molar-refractivity contribution in [3.05, 3.63) is 28.8 Å². The second-order valence-electron chi connectivity index (χ2n) is 3.55. The monoisotopic (exact) mass is 257 g/mol. The molecule has 0 radical (unpaired) electrons. The minimum Gasteiger partial charge on any atom is -0.478 e. The van der Waals surface area contributed by atoms with Gasteiger partial charge in [0, 0.05) is 0 Å². The molecule has 17 heavy (non-hydrogen) atoms. The first-order valence-corrected chi connectivity index (χ1v) is 5.29. The highest BCUT2D eigenvalue weighted by molar-refractivity contribution is 6.34. The molecule has 1 aromatic carbocycles. The second-order valence-corrected chi connectivity index (χ2v) is 3.95. The standard InChI is InChI=1S/C11H12ClNO4/c1-6(2)17-11(16)13-8-5-3-4-7(12)9(8)10(14)15/h3-6H,1-2H3,(H,13,16)(H,14,15). The van der Waals surface area contributed by atoms with Gasteiger partial charge in [0.05, 0.1) is 16.8 Å². The fraction of sp³-hybridized carbons (Fsp3) is 0.273. The number of hydrogen-bond acceptors (Lipinski definition) is 3. The number of carbonyl (C=O) groups is 2. The molecule has 0 aromatic heterocycles. The molecule has 0 saturated heterocycles. The first-order chi connectivity index (χ1) is 7.91. The van der Waals surface area contributed by atoms with E-state index in [1.54, 1.807) is 19.9 Å². The van der Waals surface area contributed by atoms with Crippen LogP contribution in [0.3, 0.4) is 0 Å². The number of carbonyl (C=O) groups excluding carboxylic acids is 1. The number of nitrogens with one attached hydrogen (secondary N) is 1. The zero-order chi connectivity index (χ0) is 13.0. The lowest BCUT2D eigenvalue weighted by molar-refractivity contribution is 0.0698. The van der Waals surface area contributed by atoms with Crippen LogP contribution in [0.25, 0.3) is 0 Å². The maximum absolute atomic E-state index is 11.3. The van der Waals surface area contributed by atoms with Crippen LogP contribution in [0.4, 0.5) is 10.5 Å². The Bertz CT molecular complexity index is 445.